The van der Waals surface area contributed by atoms with Gasteiger partial charge in [0, 0.05) is 47.9 Å². The first-order chi connectivity index (χ1) is 15.0. The molecule has 7 heteroatoms. The number of amides is 1. The zero-order chi connectivity index (χ0) is 22.0. The van der Waals surface area contributed by atoms with Crippen LogP contribution in [-0.4, -0.2) is 41.1 Å². The molecule has 0 spiro atoms. The minimum Gasteiger partial charge on any atom is -0.441 e. The zero-order valence-electron chi connectivity index (χ0n) is 17.7. The van der Waals surface area contributed by atoms with E-state index < -0.39 is 18.2 Å². The van der Waals surface area contributed by atoms with Crippen molar-refractivity contribution in [3.05, 3.63) is 70.4 Å². The van der Waals surface area contributed by atoms with Crippen molar-refractivity contribution >= 4 is 34.4 Å². The molecule has 162 valence electrons. The lowest BCUT2D eigenvalue weighted by Crippen LogP contribution is -2.50. The molecule has 0 aliphatic carbocycles. The van der Waals surface area contributed by atoms with Gasteiger partial charge in [-0.05, 0) is 35.9 Å². The molecule has 0 fully saturated rings. The summed E-state index contributed by atoms with van der Waals surface area (Å²) >= 11 is 6.13. The maximum absolute atomic E-state index is 13.4. The molecule has 1 aliphatic rings. The maximum atomic E-state index is 13.4. The number of para-hydroxylation sites is 1. The lowest BCUT2D eigenvalue weighted by Gasteiger charge is -2.41. The molecule has 6 nitrogen and oxygen atoms in total. The first-order valence-electron chi connectivity index (χ1n) is 10.5. The fourth-order valence-corrected chi connectivity index (χ4v) is 4.45. The summed E-state index contributed by atoms with van der Waals surface area (Å²) in [5.41, 5.74) is 3.92. The van der Waals surface area contributed by atoms with Gasteiger partial charge in [-0.25, -0.2) is 0 Å². The van der Waals surface area contributed by atoms with E-state index in [1.54, 1.807) is 4.90 Å². The van der Waals surface area contributed by atoms with Crippen molar-refractivity contribution in [3.8, 4) is 0 Å². The van der Waals surface area contributed by atoms with Crippen LogP contribution in [0, 0.1) is 0 Å². The number of carbonyl (C=O) groups excluding carboxylic acids is 2. The highest BCUT2D eigenvalue weighted by molar-refractivity contribution is 6.30. The number of rotatable bonds is 6. The second kappa shape index (κ2) is 9.12. The smallest absolute Gasteiger partial charge is 0.304 e. The van der Waals surface area contributed by atoms with Crippen molar-refractivity contribution in [1.29, 1.82) is 0 Å². The summed E-state index contributed by atoms with van der Waals surface area (Å²) in [6, 6.07) is 15.1. The zero-order valence-corrected chi connectivity index (χ0v) is 18.4. The minimum absolute atomic E-state index is 0.0727. The molecule has 31 heavy (non-hydrogen) atoms. The van der Waals surface area contributed by atoms with Crippen LogP contribution in [0.1, 0.15) is 43.1 Å². The van der Waals surface area contributed by atoms with Crippen molar-refractivity contribution in [1.82, 2.24) is 15.2 Å². The van der Waals surface area contributed by atoms with Crippen LogP contribution < -0.4 is 5.32 Å². The molecule has 3 aromatic rings. The molecule has 0 saturated heterocycles. The van der Waals surface area contributed by atoms with E-state index in [4.69, 9.17) is 16.3 Å². The molecule has 1 aliphatic heterocycles. The summed E-state index contributed by atoms with van der Waals surface area (Å²) in [5, 5.41) is 4.90. The van der Waals surface area contributed by atoms with Crippen LogP contribution in [0.3, 0.4) is 0 Å². The molecule has 0 saturated carbocycles. The SMILES string of the molecule is CCNCCC(=O)N1[C@H](c2ccc(Cl)cc2)c2[nH]c3ccccc3c2C[C@@H]1OC(C)=O. The highest BCUT2D eigenvalue weighted by Gasteiger charge is 2.41. The Bertz CT molecular complexity index is 1090. The van der Waals surface area contributed by atoms with Gasteiger partial charge in [-0.3, -0.25) is 14.5 Å². The van der Waals surface area contributed by atoms with Crippen LogP contribution in [0.15, 0.2) is 48.5 Å². The van der Waals surface area contributed by atoms with E-state index in [1.807, 2.05) is 49.4 Å². The molecule has 0 unspecified atom stereocenters. The summed E-state index contributed by atoms with van der Waals surface area (Å²) in [4.78, 5) is 30.6. The summed E-state index contributed by atoms with van der Waals surface area (Å²) in [6.45, 7) is 4.72. The Labute approximate surface area is 186 Å². The molecular weight excluding hydrogens is 414 g/mol. The third kappa shape index (κ3) is 4.31. The van der Waals surface area contributed by atoms with E-state index in [2.05, 4.69) is 16.4 Å². The van der Waals surface area contributed by atoms with Gasteiger partial charge < -0.3 is 15.0 Å². The standard InChI is InChI=1S/C24H26ClN3O3/c1-3-26-13-12-21(30)28-22(31-15(2)29)14-19-18-6-4-5-7-20(18)27-23(19)24(28)16-8-10-17(25)11-9-16/h4-11,22,24,26-27H,3,12-14H2,1-2H3/t22-,24+/m0/s1. The van der Waals surface area contributed by atoms with Gasteiger partial charge in [-0.2, -0.15) is 0 Å². The van der Waals surface area contributed by atoms with E-state index in [1.165, 1.54) is 6.92 Å². The largest absolute Gasteiger partial charge is 0.441 e. The van der Waals surface area contributed by atoms with E-state index >= 15 is 0 Å². The number of aromatic nitrogens is 1. The van der Waals surface area contributed by atoms with Crippen molar-refractivity contribution in [2.75, 3.05) is 13.1 Å². The summed E-state index contributed by atoms with van der Waals surface area (Å²) in [7, 11) is 0. The van der Waals surface area contributed by atoms with E-state index in [0.717, 1.165) is 34.3 Å². The summed E-state index contributed by atoms with van der Waals surface area (Å²) < 4.78 is 5.69. The van der Waals surface area contributed by atoms with Crippen LogP contribution in [0.25, 0.3) is 10.9 Å². The molecular formula is C24H26ClN3O3. The Hall–Kier alpha value is -2.83. The maximum Gasteiger partial charge on any atom is 0.304 e. The number of hydrogen-bond donors (Lipinski definition) is 2. The van der Waals surface area contributed by atoms with E-state index in [0.29, 0.717) is 24.4 Å². The number of esters is 1. The number of ether oxygens (including phenoxy) is 1. The number of fused-ring (bicyclic) bond motifs is 3. The van der Waals surface area contributed by atoms with Crippen LogP contribution in [-0.2, 0) is 20.7 Å². The second-order valence-electron chi connectivity index (χ2n) is 7.69. The molecule has 2 heterocycles. The predicted octanol–water partition coefficient (Wildman–Crippen LogP) is 4.18. The molecule has 1 aromatic heterocycles. The number of aromatic amines is 1. The van der Waals surface area contributed by atoms with Crippen molar-refractivity contribution in [2.45, 2.75) is 39.0 Å². The normalized spacial score (nSPS) is 18.1. The number of benzene rings is 2. The van der Waals surface area contributed by atoms with Crippen molar-refractivity contribution < 1.29 is 14.3 Å². The molecule has 0 radical (unpaired) electrons. The number of hydrogen-bond acceptors (Lipinski definition) is 4. The Kier molecular flexibility index (Phi) is 6.30. The Morgan fingerprint density at radius 1 is 1.19 bits per heavy atom. The third-order valence-corrected chi connectivity index (χ3v) is 5.88. The molecule has 1 amide bonds. The number of nitrogens with one attached hydrogen (secondary N) is 2. The Morgan fingerprint density at radius 3 is 2.65 bits per heavy atom. The van der Waals surface area contributed by atoms with Crippen LogP contribution >= 0.6 is 11.6 Å². The molecule has 4 rings (SSSR count). The number of nitrogens with zero attached hydrogens (tertiary/aromatic N) is 1. The van der Waals surface area contributed by atoms with Crippen LogP contribution in [0.2, 0.25) is 5.02 Å². The van der Waals surface area contributed by atoms with E-state index in [-0.39, 0.29) is 5.91 Å². The predicted molar refractivity (Wildman–Crippen MR) is 121 cm³/mol. The average Bonchev–Trinajstić information content (AvgIpc) is 3.11. The Balaban J connectivity index is 1.86. The monoisotopic (exact) mass is 439 g/mol. The number of halogens is 1. The lowest BCUT2D eigenvalue weighted by atomic mass is 9.91. The first-order valence-corrected chi connectivity index (χ1v) is 10.9. The third-order valence-electron chi connectivity index (χ3n) is 5.63. The lowest BCUT2D eigenvalue weighted by molar-refractivity contribution is -0.167. The quantitative estimate of drug-likeness (QED) is 0.446. The van der Waals surface area contributed by atoms with Crippen molar-refractivity contribution in [2.24, 2.45) is 0 Å². The molecule has 2 N–H and O–H groups in total. The number of H-pyrrole nitrogens is 1. The average molecular weight is 440 g/mol. The minimum atomic E-state index is -0.681. The molecule has 2 atom stereocenters. The summed E-state index contributed by atoms with van der Waals surface area (Å²) in [6.07, 6.45) is 0.0697. The van der Waals surface area contributed by atoms with Gasteiger partial charge >= 0.3 is 5.97 Å². The fraction of sp³-hybridized carbons (Fsp3) is 0.333. The van der Waals surface area contributed by atoms with Crippen molar-refractivity contribution in [3.63, 3.8) is 0 Å². The highest BCUT2D eigenvalue weighted by Crippen LogP contribution is 2.41. The van der Waals surface area contributed by atoms with E-state index in [9.17, 15) is 9.59 Å². The van der Waals surface area contributed by atoms with Gasteiger partial charge in [0.2, 0.25) is 5.91 Å². The molecule has 2 aromatic carbocycles. The topological polar surface area (TPSA) is 74.4 Å². The van der Waals surface area contributed by atoms with Crippen LogP contribution in [0.5, 0.6) is 0 Å². The fourth-order valence-electron chi connectivity index (χ4n) is 4.32. The highest BCUT2D eigenvalue weighted by atomic mass is 35.5. The first kappa shape index (κ1) is 21.4. The molecule has 0 bridgehead atoms. The van der Waals surface area contributed by atoms with Gasteiger partial charge in [0.05, 0.1) is 0 Å². The Morgan fingerprint density at radius 2 is 1.94 bits per heavy atom. The second-order valence-corrected chi connectivity index (χ2v) is 8.13. The van der Waals surface area contributed by atoms with Gasteiger partial charge in [-0.15, -0.1) is 0 Å². The van der Waals surface area contributed by atoms with Gasteiger partial charge in [0.25, 0.3) is 0 Å². The van der Waals surface area contributed by atoms with Gasteiger partial charge in [0.15, 0.2) is 6.23 Å². The van der Waals surface area contributed by atoms with Gasteiger partial charge in [0.1, 0.15) is 6.04 Å². The number of carbonyl (C=O) groups is 2. The summed E-state index contributed by atoms with van der Waals surface area (Å²) in [5.74, 6) is -0.482. The van der Waals surface area contributed by atoms with Crippen LogP contribution in [0.4, 0.5) is 0 Å². The van der Waals surface area contributed by atoms with Gasteiger partial charge in [-0.1, -0.05) is 48.9 Å².